The highest BCUT2D eigenvalue weighted by molar-refractivity contribution is 5.70. The van der Waals surface area contributed by atoms with E-state index >= 15 is 0 Å². The summed E-state index contributed by atoms with van der Waals surface area (Å²) in [6, 6.07) is 6.26. The molecule has 1 amide bonds. The van der Waals surface area contributed by atoms with Crippen molar-refractivity contribution in [1.29, 1.82) is 0 Å². The minimum atomic E-state index is -0.846. The molecule has 4 rings (SSSR count). The molecule has 186 valence electrons. The molecule has 1 aromatic rings. The monoisotopic (exact) mass is 466 g/mol. The third-order valence-electron chi connectivity index (χ3n) is 8.42. The van der Waals surface area contributed by atoms with Gasteiger partial charge in [0.15, 0.2) is 0 Å². The van der Waals surface area contributed by atoms with Crippen molar-refractivity contribution < 1.29 is 14.6 Å². The van der Waals surface area contributed by atoms with Crippen LogP contribution in [0.2, 0.25) is 0 Å². The number of likely N-dealkylation sites (tertiary alicyclic amines) is 1. The summed E-state index contributed by atoms with van der Waals surface area (Å²) in [7, 11) is 0. The zero-order valence-electron chi connectivity index (χ0n) is 21.1. The second-order valence-electron chi connectivity index (χ2n) is 10.6. The van der Waals surface area contributed by atoms with Gasteiger partial charge >= 0.3 is 6.09 Å². The average Bonchev–Trinajstić information content (AvgIpc) is 3.33. The number of rotatable bonds is 8. The van der Waals surface area contributed by atoms with Gasteiger partial charge in [-0.15, -0.1) is 5.92 Å². The first-order chi connectivity index (χ1) is 16.5. The number of carbonyl (C=O) groups excluding carboxylic acids is 1. The predicted octanol–water partition coefficient (Wildman–Crippen LogP) is 5.19. The van der Waals surface area contributed by atoms with Gasteiger partial charge in [-0.05, 0) is 106 Å². The van der Waals surface area contributed by atoms with E-state index in [1.165, 1.54) is 43.2 Å². The molecular weight excluding hydrogens is 424 g/mol. The van der Waals surface area contributed by atoms with Gasteiger partial charge in [0, 0.05) is 13.1 Å². The van der Waals surface area contributed by atoms with Crippen LogP contribution in [0.15, 0.2) is 18.2 Å². The number of fused-ring (bicyclic) bond motifs is 3. The fourth-order valence-corrected chi connectivity index (χ4v) is 6.69. The summed E-state index contributed by atoms with van der Waals surface area (Å²) in [5, 5.41) is 14.0. The molecule has 2 aliphatic carbocycles. The van der Waals surface area contributed by atoms with Gasteiger partial charge in [0.05, 0.1) is 0 Å². The lowest BCUT2D eigenvalue weighted by Gasteiger charge is -2.52. The van der Waals surface area contributed by atoms with Crippen molar-refractivity contribution in [1.82, 2.24) is 10.2 Å². The van der Waals surface area contributed by atoms with E-state index in [4.69, 9.17) is 4.74 Å². The van der Waals surface area contributed by atoms with E-state index in [1.54, 1.807) is 0 Å². The van der Waals surface area contributed by atoms with Gasteiger partial charge in [-0.2, -0.15) is 0 Å². The highest BCUT2D eigenvalue weighted by Gasteiger charge is 2.50. The lowest BCUT2D eigenvalue weighted by Crippen LogP contribution is -2.49. The minimum Gasteiger partial charge on any atom is -0.410 e. The van der Waals surface area contributed by atoms with Crippen LogP contribution in [0.5, 0.6) is 5.75 Å². The molecule has 5 heteroatoms. The Morgan fingerprint density at radius 2 is 2.09 bits per heavy atom. The SMILES string of the molecule is CC#C[C@@]1(O)CC[C@]2(CCCCC)c3ccc(OC(=O)NCCN4CCCC4)cc3CC[C@H]2C1. The summed E-state index contributed by atoms with van der Waals surface area (Å²) in [6.07, 6.45) is 11.4. The number of benzene rings is 1. The minimum absolute atomic E-state index is 0.0981. The summed E-state index contributed by atoms with van der Waals surface area (Å²) in [4.78, 5) is 14.7. The first-order valence-corrected chi connectivity index (χ1v) is 13.5. The number of carbonyl (C=O) groups is 1. The number of hydrogen-bond donors (Lipinski definition) is 2. The molecule has 1 aromatic carbocycles. The summed E-state index contributed by atoms with van der Waals surface area (Å²) in [5.74, 6) is 7.13. The second kappa shape index (κ2) is 11.1. The van der Waals surface area contributed by atoms with Crippen LogP contribution in [0.25, 0.3) is 0 Å². The second-order valence-corrected chi connectivity index (χ2v) is 10.6. The van der Waals surface area contributed by atoms with Crippen molar-refractivity contribution in [3.8, 4) is 17.6 Å². The number of nitrogens with one attached hydrogen (secondary N) is 1. The third-order valence-corrected chi connectivity index (χ3v) is 8.42. The van der Waals surface area contributed by atoms with Crippen LogP contribution < -0.4 is 10.1 Å². The number of hydrogen-bond acceptors (Lipinski definition) is 4. The molecule has 2 N–H and O–H groups in total. The Hall–Kier alpha value is -2.03. The maximum atomic E-state index is 12.4. The van der Waals surface area contributed by atoms with E-state index in [9.17, 15) is 9.90 Å². The molecule has 0 aromatic heterocycles. The molecular formula is C29H42N2O3. The maximum absolute atomic E-state index is 12.4. The fourth-order valence-electron chi connectivity index (χ4n) is 6.69. The standard InChI is InChI=1S/C29H42N2O3/c1-3-5-6-14-29-16-15-28(33,13-4-2)22-24(29)10-9-23-21-25(11-12-26(23)29)34-27(32)30-17-20-31-18-7-8-19-31/h11-12,21,24,33H,3,5-10,14-20,22H2,1-2H3,(H,30,32)/t24-,28+,29-/m0/s1. The van der Waals surface area contributed by atoms with Gasteiger partial charge in [-0.3, -0.25) is 0 Å². The molecule has 0 radical (unpaired) electrons. The Balaban J connectivity index is 1.46. The first kappa shape index (κ1) is 25.1. The van der Waals surface area contributed by atoms with Crippen LogP contribution in [-0.4, -0.2) is 47.9 Å². The summed E-state index contributed by atoms with van der Waals surface area (Å²) >= 11 is 0. The molecule has 0 unspecified atom stereocenters. The quantitative estimate of drug-likeness (QED) is 0.409. The zero-order valence-corrected chi connectivity index (χ0v) is 21.1. The highest BCUT2D eigenvalue weighted by Crippen LogP contribution is 2.55. The molecule has 1 heterocycles. The Bertz CT molecular complexity index is 914. The van der Waals surface area contributed by atoms with E-state index < -0.39 is 5.60 Å². The molecule has 0 spiro atoms. The van der Waals surface area contributed by atoms with Crippen LogP contribution in [0.3, 0.4) is 0 Å². The van der Waals surface area contributed by atoms with Crippen LogP contribution in [0, 0.1) is 17.8 Å². The van der Waals surface area contributed by atoms with Crippen LogP contribution in [0.4, 0.5) is 4.79 Å². The lowest BCUT2D eigenvalue weighted by molar-refractivity contribution is -0.0115. The Morgan fingerprint density at radius 3 is 2.85 bits per heavy atom. The first-order valence-electron chi connectivity index (χ1n) is 13.5. The normalized spacial score (nSPS) is 28.4. The van der Waals surface area contributed by atoms with Gasteiger partial charge in [-0.25, -0.2) is 4.79 Å². The molecule has 2 fully saturated rings. The summed E-state index contributed by atoms with van der Waals surface area (Å²) in [5.41, 5.74) is 1.97. The smallest absolute Gasteiger partial charge is 0.410 e. The Labute approximate surface area is 205 Å². The summed E-state index contributed by atoms with van der Waals surface area (Å²) in [6.45, 7) is 7.84. The number of aliphatic hydroxyl groups is 1. The van der Waals surface area contributed by atoms with Gasteiger partial charge in [0.2, 0.25) is 0 Å². The molecule has 0 bridgehead atoms. The van der Waals surface area contributed by atoms with Crippen molar-refractivity contribution in [2.75, 3.05) is 26.2 Å². The van der Waals surface area contributed by atoms with E-state index in [0.29, 0.717) is 18.2 Å². The number of aryl methyl sites for hydroxylation is 1. The topological polar surface area (TPSA) is 61.8 Å². The van der Waals surface area contributed by atoms with Crippen LogP contribution in [0.1, 0.15) is 89.2 Å². The van der Waals surface area contributed by atoms with E-state index in [2.05, 4.69) is 41.1 Å². The molecule has 1 saturated heterocycles. The number of amides is 1. The van der Waals surface area contributed by atoms with Crippen LogP contribution >= 0.6 is 0 Å². The van der Waals surface area contributed by atoms with Gasteiger partial charge in [0.1, 0.15) is 11.4 Å². The fraction of sp³-hybridized carbons (Fsp3) is 0.690. The number of ether oxygens (including phenoxy) is 1. The van der Waals surface area contributed by atoms with Crippen molar-refractivity contribution in [2.45, 2.75) is 95.5 Å². The van der Waals surface area contributed by atoms with Crippen molar-refractivity contribution in [3.63, 3.8) is 0 Å². The van der Waals surface area contributed by atoms with E-state index in [1.807, 2.05) is 13.0 Å². The number of nitrogens with zero attached hydrogens (tertiary/aromatic N) is 1. The van der Waals surface area contributed by atoms with Crippen molar-refractivity contribution in [2.24, 2.45) is 5.92 Å². The van der Waals surface area contributed by atoms with Gasteiger partial charge in [-0.1, -0.05) is 38.2 Å². The number of unbranched alkanes of at least 4 members (excludes halogenated alkanes) is 2. The highest BCUT2D eigenvalue weighted by atomic mass is 16.6. The van der Waals surface area contributed by atoms with Gasteiger partial charge in [0.25, 0.3) is 0 Å². The van der Waals surface area contributed by atoms with E-state index in [-0.39, 0.29) is 11.5 Å². The predicted molar refractivity (Wildman–Crippen MR) is 136 cm³/mol. The van der Waals surface area contributed by atoms with E-state index in [0.717, 1.165) is 58.2 Å². The molecule has 3 aliphatic rings. The Morgan fingerprint density at radius 1 is 1.26 bits per heavy atom. The zero-order chi connectivity index (χ0) is 24.0. The maximum Gasteiger partial charge on any atom is 0.412 e. The largest absolute Gasteiger partial charge is 0.412 e. The molecule has 1 saturated carbocycles. The third kappa shape index (κ3) is 5.61. The average molecular weight is 467 g/mol. The van der Waals surface area contributed by atoms with Crippen LogP contribution in [-0.2, 0) is 11.8 Å². The summed E-state index contributed by atoms with van der Waals surface area (Å²) < 4.78 is 5.65. The van der Waals surface area contributed by atoms with Gasteiger partial charge < -0.3 is 20.1 Å². The van der Waals surface area contributed by atoms with Crippen molar-refractivity contribution in [3.05, 3.63) is 29.3 Å². The molecule has 5 nitrogen and oxygen atoms in total. The molecule has 3 atom stereocenters. The molecule has 34 heavy (non-hydrogen) atoms. The lowest BCUT2D eigenvalue weighted by atomic mass is 9.53. The Kier molecular flexibility index (Phi) is 8.22. The van der Waals surface area contributed by atoms with Crippen molar-refractivity contribution >= 4 is 6.09 Å². The molecule has 1 aliphatic heterocycles.